The predicted octanol–water partition coefficient (Wildman–Crippen LogP) is 2.80. The number of phenols is 1. The molecule has 0 atom stereocenters. The fraction of sp³-hybridized carbons (Fsp3) is 0.176. The van der Waals surface area contributed by atoms with Crippen LogP contribution in [0.15, 0.2) is 35.2 Å². The third kappa shape index (κ3) is 4.10. The lowest BCUT2D eigenvalue weighted by Gasteiger charge is -2.17. The van der Waals surface area contributed by atoms with Gasteiger partial charge in [0.15, 0.2) is 5.75 Å². The maximum absolute atomic E-state index is 12.3. The van der Waals surface area contributed by atoms with Gasteiger partial charge < -0.3 is 9.84 Å². The Balaban J connectivity index is 1.95. The molecule has 3 amide bonds. The Hall–Kier alpha value is -2.53. The molecule has 1 saturated heterocycles. The summed E-state index contributed by atoms with van der Waals surface area (Å²) in [5.74, 6) is -0.819. The number of urea groups is 1. The number of hydrogen-bond donors (Lipinski definition) is 2. The number of imide groups is 1. The van der Waals surface area contributed by atoms with Gasteiger partial charge in [0, 0.05) is 25.8 Å². The number of nitrogens with zero attached hydrogens (tertiary/aromatic N) is 2. The molecule has 2 N–H and O–H groups in total. The van der Waals surface area contributed by atoms with Crippen LogP contribution in [0.3, 0.4) is 0 Å². The number of phenolic OH excluding ortho intramolecular Hbond substituents is 1. The fourth-order valence-electron chi connectivity index (χ4n) is 2.53. The number of carbonyl (C=O) groups is 2. The second-order valence-electron chi connectivity index (χ2n) is 6.20. The van der Waals surface area contributed by atoms with Crippen LogP contribution in [0.25, 0.3) is 0 Å². The number of rotatable bonds is 5. The van der Waals surface area contributed by atoms with Gasteiger partial charge in [0.2, 0.25) is 15.9 Å². The van der Waals surface area contributed by atoms with E-state index in [4.69, 9.17) is 27.9 Å². The monoisotopic (exact) mass is 459 g/mol. The van der Waals surface area contributed by atoms with Gasteiger partial charge in [-0.2, -0.15) is 0 Å². The Bertz CT molecular complexity index is 1100. The first kappa shape index (κ1) is 21.2. The summed E-state index contributed by atoms with van der Waals surface area (Å²) in [6.45, 7) is -0.171. The summed E-state index contributed by atoms with van der Waals surface area (Å²) in [7, 11) is -1.26. The van der Waals surface area contributed by atoms with E-state index in [-0.39, 0.29) is 38.7 Å². The largest absolute Gasteiger partial charge is 0.507 e. The van der Waals surface area contributed by atoms with Crippen molar-refractivity contribution in [3.63, 3.8) is 0 Å². The van der Waals surface area contributed by atoms with Crippen LogP contribution < -0.4 is 15.0 Å². The summed E-state index contributed by atoms with van der Waals surface area (Å²) in [5, 5.41) is 12.1. The molecule has 1 heterocycles. The number of halogens is 2. The van der Waals surface area contributed by atoms with Gasteiger partial charge in [-0.05, 0) is 24.3 Å². The molecule has 0 radical (unpaired) electrons. The Morgan fingerprint density at radius 2 is 1.76 bits per heavy atom. The zero-order chi connectivity index (χ0) is 21.5. The lowest BCUT2D eigenvalue weighted by Crippen LogP contribution is -2.27. The SMILES string of the molecule is CN(C)S(=O)(=O)c1cc(Oc2c(Cl)cc(N3CC(=O)NC3=O)cc2Cl)ccc1O. The van der Waals surface area contributed by atoms with Gasteiger partial charge in [-0.1, -0.05) is 23.2 Å². The van der Waals surface area contributed by atoms with Crippen molar-refractivity contribution >= 4 is 50.9 Å². The van der Waals surface area contributed by atoms with Crippen molar-refractivity contribution in [3.05, 3.63) is 40.4 Å². The summed E-state index contributed by atoms with van der Waals surface area (Å²) < 4.78 is 31.2. The van der Waals surface area contributed by atoms with E-state index < -0.39 is 27.7 Å². The number of carbonyl (C=O) groups excluding carboxylic acids is 2. The van der Waals surface area contributed by atoms with Crippen molar-refractivity contribution in [1.29, 1.82) is 0 Å². The molecule has 1 aliphatic heterocycles. The fourth-order valence-corrected chi connectivity index (χ4v) is 4.07. The molecule has 0 aliphatic carbocycles. The lowest BCUT2D eigenvalue weighted by atomic mass is 10.2. The maximum Gasteiger partial charge on any atom is 0.329 e. The van der Waals surface area contributed by atoms with E-state index in [1.165, 1.54) is 38.4 Å². The minimum atomic E-state index is -3.92. The minimum Gasteiger partial charge on any atom is -0.507 e. The highest BCUT2D eigenvalue weighted by atomic mass is 35.5. The van der Waals surface area contributed by atoms with Crippen molar-refractivity contribution in [1.82, 2.24) is 9.62 Å². The van der Waals surface area contributed by atoms with Gasteiger partial charge in [-0.3, -0.25) is 15.0 Å². The number of hydrogen-bond acceptors (Lipinski definition) is 6. The van der Waals surface area contributed by atoms with E-state index in [2.05, 4.69) is 5.32 Å². The first-order valence-electron chi connectivity index (χ1n) is 8.04. The Morgan fingerprint density at radius 3 is 2.28 bits per heavy atom. The molecule has 1 aliphatic rings. The number of anilines is 1. The van der Waals surface area contributed by atoms with Crippen molar-refractivity contribution in [2.75, 3.05) is 25.5 Å². The molecule has 0 aromatic heterocycles. The Kier molecular flexibility index (Phi) is 5.63. The molecule has 0 spiro atoms. The van der Waals surface area contributed by atoms with E-state index >= 15 is 0 Å². The van der Waals surface area contributed by atoms with Crippen LogP contribution in [0, 0.1) is 0 Å². The van der Waals surface area contributed by atoms with Gasteiger partial charge in [0.25, 0.3) is 0 Å². The van der Waals surface area contributed by atoms with E-state index in [1.807, 2.05) is 0 Å². The zero-order valence-corrected chi connectivity index (χ0v) is 17.5. The van der Waals surface area contributed by atoms with E-state index in [0.717, 1.165) is 15.3 Å². The number of benzene rings is 2. The van der Waals surface area contributed by atoms with E-state index in [0.29, 0.717) is 0 Å². The average molecular weight is 460 g/mol. The molecule has 0 unspecified atom stereocenters. The molecular weight excluding hydrogens is 445 g/mol. The van der Waals surface area contributed by atoms with Crippen molar-refractivity contribution in [2.24, 2.45) is 0 Å². The molecule has 12 heteroatoms. The van der Waals surface area contributed by atoms with Crippen LogP contribution in [0.5, 0.6) is 17.2 Å². The molecular formula is C17H15Cl2N3O6S. The first-order chi connectivity index (χ1) is 13.5. The smallest absolute Gasteiger partial charge is 0.329 e. The van der Waals surface area contributed by atoms with Crippen LogP contribution in [0.2, 0.25) is 10.0 Å². The first-order valence-corrected chi connectivity index (χ1v) is 10.2. The molecule has 0 bridgehead atoms. The van der Waals surface area contributed by atoms with Gasteiger partial charge in [-0.25, -0.2) is 17.5 Å². The number of ether oxygens (including phenoxy) is 1. The number of nitrogens with one attached hydrogen (secondary N) is 1. The quantitative estimate of drug-likeness (QED) is 0.663. The summed E-state index contributed by atoms with van der Waals surface area (Å²) in [6.07, 6.45) is 0. The average Bonchev–Trinajstić information content (AvgIpc) is 2.97. The van der Waals surface area contributed by atoms with Gasteiger partial charge >= 0.3 is 6.03 Å². The van der Waals surface area contributed by atoms with Crippen molar-refractivity contribution in [3.8, 4) is 17.2 Å². The van der Waals surface area contributed by atoms with Crippen molar-refractivity contribution in [2.45, 2.75) is 4.90 Å². The molecule has 9 nitrogen and oxygen atoms in total. The molecule has 29 heavy (non-hydrogen) atoms. The third-order valence-corrected chi connectivity index (χ3v) is 6.40. The third-order valence-electron chi connectivity index (χ3n) is 4.00. The predicted molar refractivity (Wildman–Crippen MR) is 106 cm³/mol. The van der Waals surface area contributed by atoms with Gasteiger partial charge in [-0.15, -0.1) is 0 Å². The van der Waals surface area contributed by atoms with Crippen molar-refractivity contribution < 1.29 is 27.9 Å². The number of sulfonamides is 1. The molecule has 2 aromatic rings. The van der Waals surface area contributed by atoms with Crippen LogP contribution in [-0.4, -0.2) is 50.4 Å². The Morgan fingerprint density at radius 1 is 1.14 bits per heavy atom. The summed E-state index contributed by atoms with van der Waals surface area (Å²) >= 11 is 12.5. The number of amides is 3. The molecule has 3 rings (SSSR count). The minimum absolute atomic E-state index is 0.0157. The van der Waals surface area contributed by atoms with Crippen LogP contribution >= 0.6 is 23.2 Å². The van der Waals surface area contributed by atoms with Crippen LogP contribution in [-0.2, 0) is 14.8 Å². The standard InChI is InChI=1S/C17H15Cl2N3O6S/c1-21(2)29(26,27)14-7-10(3-4-13(14)23)28-16-11(18)5-9(6-12(16)19)22-8-15(24)20-17(22)25/h3-7,23H,8H2,1-2H3,(H,20,24,25). The van der Waals surface area contributed by atoms with E-state index in [1.54, 1.807) is 0 Å². The normalized spacial score (nSPS) is 14.4. The molecule has 1 fully saturated rings. The highest BCUT2D eigenvalue weighted by Crippen LogP contribution is 2.41. The number of aromatic hydroxyl groups is 1. The van der Waals surface area contributed by atoms with Gasteiger partial charge in [0.1, 0.15) is 22.9 Å². The highest BCUT2D eigenvalue weighted by molar-refractivity contribution is 7.89. The Labute approximate surface area is 176 Å². The van der Waals surface area contributed by atoms with Crippen LogP contribution in [0.4, 0.5) is 10.5 Å². The van der Waals surface area contributed by atoms with Gasteiger partial charge in [0.05, 0.1) is 10.0 Å². The highest BCUT2D eigenvalue weighted by Gasteiger charge is 2.29. The summed E-state index contributed by atoms with van der Waals surface area (Å²) in [5.41, 5.74) is 0.289. The maximum atomic E-state index is 12.3. The molecule has 154 valence electrons. The van der Waals surface area contributed by atoms with Crippen LogP contribution in [0.1, 0.15) is 0 Å². The molecule has 0 saturated carbocycles. The summed E-state index contributed by atoms with van der Waals surface area (Å²) in [6, 6.07) is 5.82. The second kappa shape index (κ2) is 7.71. The lowest BCUT2D eigenvalue weighted by molar-refractivity contribution is -0.117. The topological polar surface area (TPSA) is 116 Å². The summed E-state index contributed by atoms with van der Waals surface area (Å²) in [4.78, 5) is 24.0. The zero-order valence-electron chi connectivity index (χ0n) is 15.1. The second-order valence-corrected chi connectivity index (χ2v) is 9.13. The van der Waals surface area contributed by atoms with E-state index in [9.17, 15) is 23.1 Å². The molecule has 2 aromatic carbocycles.